The third-order valence-electron chi connectivity index (χ3n) is 6.02. The van der Waals surface area contributed by atoms with E-state index in [1.54, 1.807) is 25.0 Å². The molecule has 0 aliphatic carbocycles. The monoisotopic (exact) mass is 442 g/mol. The Hall–Kier alpha value is -2.87. The number of methoxy groups -OCH3 is 1. The summed E-state index contributed by atoms with van der Waals surface area (Å²) in [7, 11) is 1.60. The SMILES string of the molecule is COc1ccc(/C=C/C(=O)N[C@@H](C)C(=O)N2CCN(CC(=O)N3CCCCC3)CC2)cc1. The quantitative estimate of drug-likeness (QED) is 0.645. The standard InChI is InChI=1S/C24H34N4O4/c1-19(25-22(29)11-8-20-6-9-21(32-2)10-7-20)24(31)28-16-14-26(15-17-28)18-23(30)27-12-4-3-5-13-27/h6-11,19H,3-5,12-18H2,1-2H3,(H,25,29)/b11-8+/t19-/m0/s1. The fraction of sp³-hybridized carbons (Fsp3) is 0.542. The molecule has 3 amide bonds. The van der Waals surface area contributed by atoms with Crippen LogP contribution < -0.4 is 10.1 Å². The molecule has 1 N–H and O–H groups in total. The van der Waals surface area contributed by atoms with Gasteiger partial charge >= 0.3 is 0 Å². The van der Waals surface area contributed by atoms with Crippen molar-refractivity contribution in [1.29, 1.82) is 0 Å². The molecular formula is C24H34N4O4. The first-order valence-electron chi connectivity index (χ1n) is 11.4. The highest BCUT2D eigenvalue weighted by molar-refractivity contribution is 5.95. The molecule has 8 heteroatoms. The van der Waals surface area contributed by atoms with E-state index in [0.717, 1.165) is 37.2 Å². The molecule has 32 heavy (non-hydrogen) atoms. The number of carbonyl (C=O) groups excluding carboxylic acids is 3. The molecule has 8 nitrogen and oxygen atoms in total. The minimum atomic E-state index is -0.607. The Kier molecular flexibility index (Phi) is 8.67. The zero-order valence-corrected chi connectivity index (χ0v) is 19.1. The van der Waals surface area contributed by atoms with Crippen molar-refractivity contribution in [2.75, 3.05) is 52.9 Å². The predicted octanol–water partition coefficient (Wildman–Crippen LogP) is 1.37. The van der Waals surface area contributed by atoms with Crippen LogP contribution in [0.25, 0.3) is 6.08 Å². The van der Waals surface area contributed by atoms with Crippen molar-refractivity contribution in [2.45, 2.75) is 32.2 Å². The summed E-state index contributed by atoms with van der Waals surface area (Å²) < 4.78 is 5.12. The van der Waals surface area contributed by atoms with Gasteiger partial charge in [0.2, 0.25) is 17.7 Å². The molecule has 174 valence electrons. The molecule has 0 radical (unpaired) electrons. The van der Waals surface area contributed by atoms with E-state index < -0.39 is 6.04 Å². The fourth-order valence-electron chi connectivity index (χ4n) is 4.05. The van der Waals surface area contributed by atoms with Gasteiger partial charge in [-0.15, -0.1) is 0 Å². The predicted molar refractivity (Wildman–Crippen MR) is 123 cm³/mol. The van der Waals surface area contributed by atoms with Crippen LogP contribution in [0.2, 0.25) is 0 Å². The van der Waals surface area contributed by atoms with E-state index in [9.17, 15) is 14.4 Å². The number of piperidine rings is 1. The second kappa shape index (κ2) is 11.7. The van der Waals surface area contributed by atoms with E-state index in [1.807, 2.05) is 29.2 Å². The van der Waals surface area contributed by atoms with Crippen LogP contribution in [0.3, 0.4) is 0 Å². The van der Waals surface area contributed by atoms with Gasteiger partial charge in [0.15, 0.2) is 0 Å². The van der Waals surface area contributed by atoms with Crippen LogP contribution in [0.15, 0.2) is 30.3 Å². The Balaban J connectivity index is 1.40. The number of benzene rings is 1. The van der Waals surface area contributed by atoms with Gasteiger partial charge in [-0.3, -0.25) is 19.3 Å². The molecule has 1 aromatic carbocycles. The smallest absolute Gasteiger partial charge is 0.244 e. The van der Waals surface area contributed by atoms with Gasteiger partial charge in [-0.05, 0) is 50.0 Å². The minimum absolute atomic E-state index is 0.0989. The Labute approximate surface area is 190 Å². The molecule has 1 atom stereocenters. The van der Waals surface area contributed by atoms with Crippen LogP contribution >= 0.6 is 0 Å². The number of hydrogen-bond donors (Lipinski definition) is 1. The molecule has 0 saturated carbocycles. The highest BCUT2D eigenvalue weighted by Gasteiger charge is 2.27. The lowest BCUT2D eigenvalue weighted by atomic mass is 10.1. The van der Waals surface area contributed by atoms with E-state index in [2.05, 4.69) is 10.2 Å². The summed E-state index contributed by atoms with van der Waals surface area (Å²) in [5.74, 6) is 0.529. The average molecular weight is 443 g/mol. The number of likely N-dealkylation sites (tertiary alicyclic amines) is 1. The molecule has 1 aromatic rings. The van der Waals surface area contributed by atoms with Crippen LogP contribution in [0.1, 0.15) is 31.7 Å². The maximum absolute atomic E-state index is 12.7. The maximum Gasteiger partial charge on any atom is 0.244 e. The van der Waals surface area contributed by atoms with Crippen LogP contribution in [-0.2, 0) is 14.4 Å². The number of nitrogens with one attached hydrogen (secondary N) is 1. The van der Waals surface area contributed by atoms with Crippen molar-refractivity contribution in [2.24, 2.45) is 0 Å². The first-order chi connectivity index (χ1) is 15.5. The number of ether oxygens (including phenoxy) is 1. The Bertz CT molecular complexity index is 810. The molecule has 3 rings (SSSR count). The number of rotatable bonds is 7. The second-order valence-corrected chi connectivity index (χ2v) is 8.38. The van der Waals surface area contributed by atoms with Gasteiger partial charge in [0.25, 0.3) is 0 Å². The zero-order valence-electron chi connectivity index (χ0n) is 19.1. The average Bonchev–Trinajstić information content (AvgIpc) is 2.83. The number of carbonyl (C=O) groups is 3. The lowest BCUT2D eigenvalue weighted by Crippen LogP contribution is -2.55. The number of nitrogens with zero attached hydrogens (tertiary/aromatic N) is 3. The molecule has 0 spiro atoms. The highest BCUT2D eigenvalue weighted by Crippen LogP contribution is 2.13. The van der Waals surface area contributed by atoms with E-state index >= 15 is 0 Å². The Morgan fingerprint density at radius 3 is 2.25 bits per heavy atom. The van der Waals surface area contributed by atoms with Crippen molar-refractivity contribution in [3.63, 3.8) is 0 Å². The van der Waals surface area contributed by atoms with Crippen molar-refractivity contribution in [3.8, 4) is 5.75 Å². The van der Waals surface area contributed by atoms with Crippen LogP contribution in [0.5, 0.6) is 5.75 Å². The van der Waals surface area contributed by atoms with Crippen LogP contribution in [-0.4, -0.2) is 91.4 Å². The van der Waals surface area contributed by atoms with Gasteiger partial charge in [-0.1, -0.05) is 12.1 Å². The first-order valence-corrected chi connectivity index (χ1v) is 11.4. The van der Waals surface area contributed by atoms with Gasteiger partial charge in [-0.2, -0.15) is 0 Å². The van der Waals surface area contributed by atoms with E-state index in [1.165, 1.54) is 12.5 Å². The first kappa shape index (κ1) is 23.8. The summed E-state index contributed by atoms with van der Waals surface area (Å²) in [5.41, 5.74) is 0.871. The number of hydrogen-bond acceptors (Lipinski definition) is 5. The maximum atomic E-state index is 12.7. The molecule has 2 heterocycles. The fourth-order valence-corrected chi connectivity index (χ4v) is 4.05. The summed E-state index contributed by atoms with van der Waals surface area (Å²) in [6.07, 6.45) is 6.51. The molecule has 0 bridgehead atoms. The third kappa shape index (κ3) is 6.82. The molecule has 2 aliphatic heterocycles. The van der Waals surface area contributed by atoms with E-state index in [-0.39, 0.29) is 17.7 Å². The topological polar surface area (TPSA) is 82.2 Å². The lowest BCUT2D eigenvalue weighted by molar-refractivity contribution is -0.138. The van der Waals surface area contributed by atoms with Gasteiger partial charge in [-0.25, -0.2) is 0 Å². The largest absolute Gasteiger partial charge is 0.497 e. The normalized spacial score (nSPS) is 18.4. The van der Waals surface area contributed by atoms with Gasteiger partial charge in [0.1, 0.15) is 11.8 Å². The van der Waals surface area contributed by atoms with E-state index in [0.29, 0.717) is 32.7 Å². The van der Waals surface area contributed by atoms with Crippen molar-refractivity contribution >= 4 is 23.8 Å². The van der Waals surface area contributed by atoms with Crippen LogP contribution in [0.4, 0.5) is 0 Å². The third-order valence-corrected chi connectivity index (χ3v) is 6.02. The van der Waals surface area contributed by atoms with Crippen molar-refractivity contribution in [3.05, 3.63) is 35.9 Å². The molecule has 2 saturated heterocycles. The van der Waals surface area contributed by atoms with Gasteiger partial charge < -0.3 is 19.9 Å². The summed E-state index contributed by atoms with van der Waals surface area (Å²) in [4.78, 5) is 43.2. The lowest BCUT2D eigenvalue weighted by Gasteiger charge is -2.37. The Morgan fingerprint density at radius 2 is 1.62 bits per heavy atom. The van der Waals surface area contributed by atoms with Crippen molar-refractivity contribution < 1.29 is 19.1 Å². The molecule has 0 aromatic heterocycles. The molecule has 0 unspecified atom stereocenters. The van der Waals surface area contributed by atoms with Crippen LogP contribution in [0, 0.1) is 0 Å². The zero-order chi connectivity index (χ0) is 22.9. The number of amides is 3. The van der Waals surface area contributed by atoms with Crippen molar-refractivity contribution in [1.82, 2.24) is 20.0 Å². The minimum Gasteiger partial charge on any atom is -0.497 e. The summed E-state index contributed by atoms with van der Waals surface area (Å²) in [6.45, 7) is 6.32. The van der Waals surface area contributed by atoms with Gasteiger partial charge in [0, 0.05) is 45.3 Å². The molecule has 2 aliphatic rings. The number of piperazine rings is 1. The Morgan fingerprint density at radius 1 is 0.969 bits per heavy atom. The summed E-state index contributed by atoms with van der Waals surface area (Å²) in [5, 5.41) is 2.74. The highest BCUT2D eigenvalue weighted by atomic mass is 16.5. The molecule has 2 fully saturated rings. The van der Waals surface area contributed by atoms with E-state index in [4.69, 9.17) is 4.74 Å². The molecular weight excluding hydrogens is 408 g/mol. The second-order valence-electron chi connectivity index (χ2n) is 8.38. The summed E-state index contributed by atoms with van der Waals surface area (Å²) >= 11 is 0. The van der Waals surface area contributed by atoms with Gasteiger partial charge in [0.05, 0.1) is 13.7 Å². The summed E-state index contributed by atoms with van der Waals surface area (Å²) in [6, 6.07) is 6.75.